The molecule has 1 saturated heterocycles. The molecule has 1 aliphatic carbocycles. The monoisotopic (exact) mass is 591 g/mol. The molecule has 1 aromatic carbocycles. The molecule has 13 heteroatoms. The van der Waals surface area contributed by atoms with Crippen molar-refractivity contribution in [3.63, 3.8) is 0 Å². The topological polar surface area (TPSA) is 162 Å². The third kappa shape index (κ3) is 7.19. The molecular formula is C27H31Cl2N5O6. The number of halogens is 2. The first-order valence-corrected chi connectivity index (χ1v) is 14.1. The van der Waals surface area contributed by atoms with Gasteiger partial charge < -0.3 is 25.6 Å². The van der Waals surface area contributed by atoms with Crippen molar-refractivity contribution in [2.24, 2.45) is 11.8 Å². The van der Waals surface area contributed by atoms with E-state index >= 15 is 0 Å². The van der Waals surface area contributed by atoms with Crippen LogP contribution in [0.15, 0.2) is 29.2 Å². The number of carbonyl (C=O) groups is 4. The first-order valence-electron chi connectivity index (χ1n) is 13.3. The van der Waals surface area contributed by atoms with Crippen LogP contribution in [0.25, 0.3) is 0 Å². The molecule has 2 fully saturated rings. The lowest BCUT2D eigenvalue weighted by molar-refractivity contribution is -0.139. The summed E-state index contributed by atoms with van der Waals surface area (Å²) in [5, 5.41) is 15.0. The number of aromatic nitrogens is 2. The number of aromatic amines is 1. The number of carbonyl (C=O) groups excluding carboxylic acids is 3. The molecule has 40 heavy (non-hydrogen) atoms. The fourth-order valence-corrected chi connectivity index (χ4v) is 5.89. The fourth-order valence-electron chi connectivity index (χ4n) is 5.32. The van der Waals surface area contributed by atoms with Crippen molar-refractivity contribution in [1.29, 1.82) is 0 Å². The number of nitrogens with zero attached hydrogens (tertiary/aromatic N) is 2. The maximum Gasteiger partial charge on any atom is 0.346 e. The average Bonchev–Trinajstić information content (AvgIpc) is 2.94. The first kappa shape index (κ1) is 29.5. The standard InChI is InChI=1S/C27H31Cl2N5O6/c28-18-7-4-8-19(29)21(18)24(36)32-23-17(14-30-26(39)33-23)13-20(25(37)38)31-27(40)34-11-9-16(10-12-34)22(35)15-5-2-1-3-6-15/h4,7-8,14-16,20H,1-3,5-6,9-13H2,(H,31,40)(H,37,38)(H2,30,32,33,36,39). The van der Waals surface area contributed by atoms with E-state index in [9.17, 15) is 29.1 Å². The highest BCUT2D eigenvalue weighted by Crippen LogP contribution is 2.30. The van der Waals surface area contributed by atoms with E-state index in [-0.39, 0.29) is 45.2 Å². The number of hydrogen-bond donors (Lipinski definition) is 4. The molecule has 11 nitrogen and oxygen atoms in total. The van der Waals surface area contributed by atoms with Crippen LogP contribution in [0, 0.1) is 11.8 Å². The van der Waals surface area contributed by atoms with Crippen molar-refractivity contribution >= 4 is 52.7 Å². The Balaban J connectivity index is 1.40. The summed E-state index contributed by atoms with van der Waals surface area (Å²) in [7, 11) is 0. The summed E-state index contributed by atoms with van der Waals surface area (Å²) in [5.41, 5.74) is -0.640. The lowest BCUT2D eigenvalue weighted by Gasteiger charge is -2.34. The Morgan fingerprint density at radius 3 is 2.27 bits per heavy atom. The third-order valence-corrected chi connectivity index (χ3v) is 8.15. The Morgan fingerprint density at radius 1 is 1.02 bits per heavy atom. The van der Waals surface area contributed by atoms with E-state index < -0.39 is 29.6 Å². The molecule has 1 unspecified atom stereocenters. The second-order valence-electron chi connectivity index (χ2n) is 10.2. The van der Waals surface area contributed by atoms with Crippen molar-refractivity contribution in [3.05, 3.63) is 56.1 Å². The molecule has 214 valence electrons. The van der Waals surface area contributed by atoms with Crippen LogP contribution < -0.4 is 16.3 Å². The normalized spacial score (nSPS) is 17.2. The highest BCUT2D eigenvalue weighted by molar-refractivity contribution is 6.40. The van der Waals surface area contributed by atoms with Crippen molar-refractivity contribution in [2.75, 3.05) is 18.4 Å². The van der Waals surface area contributed by atoms with Gasteiger partial charge in [0.15, 0.2) is 0 Å². The fraction of sp³-hybridized carbons (Fsp3) is 0.481. The summed E-state index contributed by atoms with van der Waals surface area (Å²) in [6.45, 7) is 0.697. The number of aliphatic carboxylic acids is 1. The maximum atomic E-state index is 13.0. The van der Waals surface area contributed by atoms with Crippen molar-refractivity contribution in [1.82, 2.24) is 20.2 Å². The number of carboxylic acids is 1. The second kappa shape index (κ2) is 13.3. The second-order valence-corrected chi connectivity index (χ2v) is 11.0. The van der Waals surface area contributed by atoms with Crippen molar-refractivity contribution in [2.45, 2.75) is 57.4 Å². The number of amides is 3. The zero-order valence-corrected chi connectivity index (χ0v) is 23.3. The summed E-state index contributed by atoms with van der Waals surface area (Å²) in [6.07, 6.45) is 7.25. The molecule has 2 heterocycles. The van der Waals surface area contributed by atoms with Gasteiger partial charge in [0, 0.05) is 43.1 Å². The molecule has 1 aliphatic heterocycles. The molecule has 2 aliphatic rings. The van der Waals surface area contributed by atoms with E-state index in [1.807, 2.05) is 0 Å². The van der Waals surface area contributed by atoms with Gasteiger partial charge in [-0.15, -0.1) is 0 Å². The number of piperidine rings is 1. The van der Waals surface area contributed by atoms with E-state index in [1.165, 1.54) is 29.7 Å². The van der Waals surface area contributed by atoms with Crippen molar-refractivity contribution < 1.29 is 24.3 Å². The Morgan fingerprint density at radius 2 is 1.65 bits per heavy atom. The van der Waals surface area contributed by atoms with Gasteiger partial charge in [-0.2, -0.15) is 4.98 Å². The number of anilines is 1. The number of nitrogens with one attached hydrogen (secondary N) is 3. The van der Waals surface area contributed by atoms with Gasteiger partial charge >= 0.3 is 17.7 Å². The highest BCUT2D eigenvalue weighted by Gasteiger charge is 2.33. The molecule has 3 amide bonds. The number of urea groups is 1. The van der Waals surface area contributed by atoms with Crippen LogP contribution >= 0.6 is 23.2 Å². The van der Waals surface area contributed by atoms with Gasteiger partial charge in [0.1, 0.15) is 17.6 Å². The quantitative estimate of drug-likeness (QED) is 0.362. The Bertz CT molecular complexity index is 1310. The largest absolute Gasteiger partial charge is 0.480 e. The molecule has 1 aromatic heterocycles. The van der Waals surface area contributed by atoms with Crippen LogP contribution in [0.5, 0.6) is 0 Å². The molecule has 4 rings (SSSR count). The van der Waals surface area contributed by atoms with Gasteiger partial charge in [-0.05, 0) is 37.8 Å². The number of carboxylic acid groups (broad SMARTS) is 1. The number of Topliss-reactive ketones (excluding diaryl/α,β-unsaturated/α-hetero) is 1. The summed E-state index contributed by atoms with van der Waals surface area (Å²) < 4.78 is 0. The minimum atomic E-state index is -1.39. The minimum Gasteiger partial charge on any atom is -0.480 e. The molecule has 4 N–H and O–H groups in total. The number of likely N-dealkylation sites (tertiary alicyclic amines) is 1. The number of hydrogen-bond acceptors (Lipinski definition) is 6. The lowest BCUT2D eigenvalue weighted by Crippen LogP contribution is -2.51. The molecule has 1 atom stereocenters. The molecule has 0 spiro atoms. The van der Waals surface area contributed by atoms with Crippen LogP contribution in [0.3, 0.4) is 0 Å². The Labute approximate surface area is 240 Å². The summed E-state index contributed by atoms with van der Waals surface area (Å²) in [4.78, 5) is 70.3. The smallest absolute Gasteiger partial charge is 0.346 e. The Kier molecular flexibility index (Phi) is 9.80. The third-order valence-electron chi connectivity index (χ3n) is 7.52. The molecule has 0 radical (unpaired) electrons. The molecular weight excluding hydrogens is 561 g/mol. The number of ketones is 1. The number of benzene rings is 1. The van der Waals surface area contributed by atoms with Gasteiger partial charge in [-0.25, -0.2) is 14.4 Å². The summed E-state index contributed by atoms with van der Waals surface area (Å²) >= 11 is 12.2. The zero-order chi connectivity index (χ0) is 28.8. The van der Waals surface area contributed by atoms with Gasteiger partial charge in [0.25, 0.3) is 5.91 Å². The van der Waals surface area contributed by atoms with Gasteiger partial charge in [-0.1, -0.05) is 48.5 Å². The molecule has 2 aromatic rings. The van der Waals surface area contributed by atoms with E-state index in [0.29, 0.717) is 31.7 Å². The predicted molar refractivity (Wildman–Crippen MR) is 149 cm³/mol. The molecule has 0 bridgehead atoms. The first-order chi connectivity index (χ1) is 19.1. The van der Waals surface area contributed by atoms with Crippen molar-refractivity contribution in [3.8, 4) is 0 Å². The van der Waals surface area contributed by atoms with Crippen LogP contribution in [0.2, 0.25) is 10.0 Å². The maximum absolute atomic E-state index is 13.0. The van der Waals surface area contributed by atoms with E-state index in [0.717, 1.165) is 25.7 Å². The van der Waals surface area contributed by atoms with Crippen LogP contribution in [0.4, 0.5) is 10.6 Å². The number of rotatable bonds is 8. The lowest BCUT2D eigenvalue weighted by atomic mass is 9.79. The SMILES string of the molecule is O=C(Nc1nc(=O)[nH]cc1CC(NC(=O)N1CCC(C(=O)C2CCCCC2)CC1)C(=O)O)c1c(Cl)cccc1Cl. The van der Waals surface area contributed by atoms with Gasteiger partial charge in [0.2, 0.25) is 0 Å². The average molecular weight is 592 g/mol. The van der Waals surface area contributed by atoms with Crippen LogP contribution in [-0.2, 0) is 16.0 Å². The number of H-pyrrole nitrogens is 1. The summed E-state index contributed by atoms with van der Waals surface area (Å²) in [5.74, 6) is -1.91. The summed E-state index contributed by atoms with van der Waals surface area (Å²) in [6, 6.07) is 2.55. The van der Waals surface area contributed by atoms with Crippen LogP contribution in [-0.4, -0.2) is 62.8 Å². The zero-order valence-electron chi connectivity index (χ0n) is 21.8. The van der Waals surface area contributed by atoms with Crippen LogP contribution in [0.1, 0.15) is 60.9 Å². The Hall–Kier alpha value is -3.44. The van der Waals surface area contributed by atoms with E-state index in [1.54, 1.807) is 6.07 Å². The van der Waals surface area contributed by atoms with Gasteiger partial charge in [-0.3, -0.25) is 9.59 Å². The minimum absolute atomic E-state index is 0.0349. The van der Waals surface area contributed by atoms with Gasteiger partial charge in [0.05, 0.1) is 15.6 Å². The van der Waals surface area contributed by atoms with E-state index in [4.69, 9.17) is 23.2 Å². The highest BCUT2D eigenvalue weighted by atomic mass is 35.5. The molecule has 1 saturated carbocycles. The predicted octanol–water partition coefficient (Wildman–Crippen LogP) is 3.90. The van der Waals surface area contributed by atoms with E-state index in [2.05, 4.69) is 20.6 Å².